The van der Waals surface area contributed by atoms with E-state index in [2.05, 4.69) is 26.1 Å². The zero-order chi connectivity index (χ0) is 14.8. The highest BCUT2D eigenvalue weighted by Gasteiger charge is 2.36. The Morgan fingerprint density at radius 1 is 1.25 bits per heavy atom. The zero-order valence-corrected chi connectivity index (χ0v) is 13.9. The predicted molar refractivity (Wildman–Crippen MR) is 85.8 cm³/mol. The van der Waals surface area contributed by atoms with Crippen LogP contribution in [0.2, 0.25) is 10.0 Å². The van der Waals surface area contributed by atoms with Crippen LogP contribution in [0, 0.1) is 5.41 Å². The first-order valence-electron chi connectivity index (χ1n) is 7.07. The Morgan fingerprint density at radius 3 is 2.40 bits per heavy atom. The standard InChI is InChI=1S/C16H23Cl2NO/c1-15(2,3)19-10-16(7-8-20-11-16)9-12-13(17)5-4-6-14(12)18/h4-6,19H,7-11H2,1-3H3. The van der Waals surface area contributed by atoms with Gasteiger partial charge in [0, 0.05) is 34.2 Å². The van der Waals surface area contributed by atoms with Crippen molar-refractivity contribution in [3.8, 4) is 0 Å². The quantitative estimate of drug-likeness (QED) is 0.892. The summed E-state index contributed by atoms with van der Waals surface area (Å²) in [6, 6.07) is 5.70. The highest BCUT2D eigenvalue weighted by Crippen LogP contribution is 2.37. The van der Waals surface area contributed by atoms with Gasteiger partial charge in [0.25, 0.3) is 0 Å². The van der Waals surface area contributed by atoms with E-state index >= 15 is 0 Å². The minimum atomic E-state index is 0.0852. The third-order valence-electron chi connectivity index (χ3n) is 3.79. The van der Waals surface area contributed by atoms with Gasteiger partial charge < -0.3 is 10.1 Å². The fraction of sp³-hybridized carbons (Fsp3) is 0.625. The third-order valence-corrected chi connectivity index (χ3v) is 4.50. The molecule has 0 bridgehead atoms. The molecule has 4 heteroatoms. The summed E-state index contributed by atoms with van der Waals surface area (Å²) in [6.45, 7) is 9.03. The molecule has 1 aliphatic heterocycles. The van der Waals surface area contributed by atoms with Crippen LogP contribution in [0.4, 0.5) is 0 Å². The second-order valence-corrected chi connectivity index (χ2v) is 7.60. The van der Waals surface area contributed by atoms with Crippen LogP contribution in [0.25, 0.3) is 0 Å². The Balaban J connectivity index is 2.17. The molecule has 0 aliphatic carbocycles. The molecule has 1 N–H and O–H groups in total. The Morgan fingerprint density at radius 2 is 1.90 bits per heavy atom. The number of hydrogen-bond donors (Lipinski definition) is 1. The van der Waals surface area contributed by atoms with Crippen molar-refractivity contribution in [3.63, 3.8) is 0 Å². The monoisotopic (exact) mass is 315 g/mol. The van der Waals surface area contributed by atoms with Gasteiger partial charge in [-0.25, -0.2) is 0 Å². The van der Waals surface area contributed by atoms with Crippen LogP contribution in [0.3, 0.4) is 0 Å². The number of nitrogens with one attached hydrogen (secondary N) is 1. The van der Waals surface area contributed by atoms with Crippen LogP contribution in [-0.4, -0.2) is 25.3 Å². The van der Waals surface area contributed by atoms with E-state index in [0.717, 1.165) is 48.2 Å². The van der Waals surface area contributed by atoms with Gasteiger partial charge in [0.15, 0.2) is 0 Å². The summed E-state index contributed by atoms with van der Waals surface area (Å²) in [5.74, 6) is 0. The van der Waals surface area contributed by atoms with Gasteiger partial charge in [-0.15, -0.1) is 0 Å². The van der Waals surface area contributed by atoms with Gasteiger partial charge in [-0.1, -0.05) is 29.3 Å². The van der Waals surface area contributed by atoms with Crippen molar-refractivity contribution in [2.24, 2.45) is 5.41 Å². The lowest BCUT2D eigenvalue weighted by Crippen LogP contribution is -2.45. The molecule has 1 heterocycles. The minimum Gasteiger partial charge on any atom is -0.381 e. The maximum atomic E-state index is 6.31. The molecule has 2 rings (SSSR count). The Bertz CT molecular complexity index is 442. The van der Waals surface area contributed by atoms with E-state index < -0.39 is 0 Å². The molecule has 20 heavy (non-hydrogen) atoms. The van der Waals surface area contributed by atoms with E-state index in [1.54, 1.807) is 0 Å². The molecule has 0 spiro atoms. The summed E-state index contributed by atoms with van der Waals surface area (Å²) in [7, 11) is 0. The fourth-order valence-electron chi connectivity index (χ4n) is 2.52. The summed E-state index contributed by atoms with van der Waals surface area (Å²) in [5, 5.41) is 5.10. The van der Waals surface area contributed by atoms with Crippen LogP contribution in [0.5, 0.6) is 0 Å². The molecule has 0 aromatic heterocycles. The summed E-state index contributed by atoms with van der Waals surface area (Å²) in [5.41, 5.74) is 1.22. The van der Waals surface area contributed by atoms with Crippen LogP contribution in [-0.2, 0) is 11.2 Å². The van der Waals surface area contributed by atoms with E-state index in [0.29, 0.717) is 0 Å². The fourth-order valence-corrected chi connectivity index (χ4v) is 3.05. The molecule has 0 saturated carbocycles. The van der Waals surface area contributed by atoms with Crippen molar-refractivity contribution in [1.82, 2.24) is 5.32 Å². The lowest BCUT2D eigenvalue weighted by Gasteiger charge is -2.33. The van der Waals surface area contributed by atoms with Crippen molar-refractivity contribution < 1.29 is 4.74 Å². The minimum absolute atomic E-state index is 0.0852. The molecule has 1 saturated heterocycles. The molecule has 1 aliphatic rings. The number of rotatable bonds is 4. The summed E-state index contributed by atoms with van der Waals surface area (Å²) >= 11 is 12.6. The smallest absolute Gasteiger partial charge is 0.0538 e. The van der Waals surface area contributed by atoms with Crippen LogP contribution in [0.15, 0.2) is 18.2 Å². The molecule has 2 nitrogen and oxygen atoms in total. The van der Waals surface area contributed by atoms with Gasteiger partial charge in [0.2, 0.25) is 0 Å². The van der Waals surface area contributed by atoms with E-state index in [9.17, 15) is 0 Å². The topological polar surface area (TPSA) is 21.3 Å². The maximum absolute atomic E-state index is 6.31. The van der Waals surface area contributed by atoms with Crippen LogP contribution in [0.1, 0.15) is 32.8 Å². The largest absolute Gasteiger partial charge is 0.381 e. The number of ether oxygens (including phenoxy) is 1. The average molecular weight is 316 g/mol. The van der Waals surface area contributed by atoms with Crippen molar-refractivity contribution in [2.75, 3.05) is 19.8 Å². The first-order chi connectivity index (χ1) is 9.31. The number of benzene rings is 1. The van der Waals surface area contributed by atoms with Crippen LogP contribution >= 0.6 is 23.2 Å². The van der Waals surface area contributed by atoms with Gasteiger partial charge in [-0.05, 0) is 51.3 Å². The normalized spacial score (nSPS) is 23.2. The Hall–Kier alpha value is -0.280. The van der Waals surface area contributed by atoms with Gasteiger partial charge in [-0.3, -0.25) is 0 Å². The molecule has 0 radical (unpaired) electrons. The molecule has 0 amide bonds. The third kappa shape index (κ3) is 4.11. The second-order valence-electron chi connectivity index (χ2n) is 6.78. The molecule has 1 fully saturated rings. The Labute approximate surface area is 131 Å². The summed E-state index contributed by atoms with van der Waals surface area (Å²) < 4.78 is 5.65. The highest BCUT2D eigenvalue weighted by molar-refractivity contribution is 6.36. The summed E-state index contributed by atoms with van der Waals surface area (Å²) in [6.07, 6.45) is 1.90. The maximum Gasteiger partial charge on any atom is 0.0538 e. The van der Waals surface area contributed by atoms with Crippen LogP contribution < -0.4 is 5.32 Å². The van der Waals surface area contributed by atoms with Gasteiger partial charge in [-0.2, -0.15) is 0 Å². The predicted octanol–water partition coefficient (Wildman–Crippen LogP) is 4.33. The van der Waals surface area contributed by atoms with Gasteiger partial charge >= 0.3 is 0 Å². The van der Waals surface area contributed by atoms with E-state index in [1.165, 1.54) is 0 Å². The molecule has 1 unspecified atom stereocenters. The first kappa shape index (κ1) is 16.1. The van der Waals surface area contributed by atoms with E-state index in [4.69, 9.17) is 27.9 Å². The lowest BCUT2D eigenvalue weighted by atomic mass is 9.80. The second kappa shape index (κ2) is 6.23. The Kier molecular flexibility index (Phi) is 5.01. The highest BCUT2D eigenvalue weighted by atomic mass is 35.5. The average Bonchev–Trinajstić information content (AvgIpc) is 2.80. The molecular formula is C16H23Cl2NO. The van der Waals surface area contributed by atoms with E-state index in [-0.39, 0.29) is 11.0 Å². The van der Waals surface area contributed by atoms with Gasteiger partial charge in [0.1, 0.15) is 0 Å². The zero-order valence-electron chi connectivity index (χ0n) is 12.4. The lowest BCUT2D eigenvalue weighted by molar-refractivity contribution is 0.144. The van der Waals surface area contributed by atoms with Crippen molar-refractivity contribution in [2.45, 2.75) is 39.2 Å². The van der Waals surface area contributed by atoms with Crippen molar-refractivity contribution >= 4 is 23.2 Å². The molecule has 1 atom stereocenters. The van der Waals surface area contributed by atoms with Crippen molar-refractivity contribution in [3.05, 3.63) is 33.8 Å². The SMILES string of the molecule is CC(C)(C)NCC1(Cc2c(Cl)cccc2Cl)CCOC1. The summed E-state index contributed by atoms with van der Waals surface area (Å²) in [4.78, 5) is 0. The molecule has 112 valence electrons. The molecular weight excluding hydrogens is 293 g/mol. The molecule has 1 aromatic rings. The molecule has 1 aromatic carbocycles. The van der Waals surface area contributed by atoms with Crippen molar-refractivity contribution in [1.29, 1.82) is 0 Å². The number of hydrogen-bond acceptors (Lipinski definition) is 2. The van der Waals surface area contributed by atoms with Gasteiger partial charge in [0.05, 0.1) is 6.61 Å². The number of halogens is 2. The van der Waals surface area contributed by atoms with E-state index in [1.807, 2.05) is 18.2 Å². The first-order valence-corrected chi connectivity index (χ1v) is 7.83.